The normalized spacial score (nSPS) is 14.1. The van der Waals surface area contributed by atoms with Crippen molar-refractivity contribution in [3.05, 3.63) is 0 Å². The van der Waals surface area contributed by atoms with E-state index in [1.54, 1.807) is 0 Å². The predicted octanol–water partition coefficient (Wildman–Crippen LogP) is 13.0. The van der Waals surface area contributed by atoms with Gasteiger partial charge in [0.2, 0.25) is 0 Å². The maximum Gasteiger partial charge on any atom is 0.0158 e. The Bertz CT molecular complexity index is 444. The lowest BCUT2D eigenvalue weighted by molar-refractivity contribution is 0.274. The van der Waals surface area contributed by atoms with Crippen molar-refractivity contribution in [1.29, 1.82) is 0 Å². The Hall–Kier alpha value is 1.40. The van der Waals surface area contributed by atoms with Gasteiger partial charge in [0, 0.05) is 4.75 Å². The molecule has 0 amide bonds. The predicted molar refractivity (Wildman–Crippen MR) is 192 cm³/mol. The molecule has 0 saturated heterocycles. The molecule has 0 saturated carbocycles. The van der Waals surface area contributed by atoms with E-state index in [1.165, 1.54) is 180 Å². The minimum atomic E-state index is 0.245. The topological polar surface area (TPSA) is 0 Å². The van der Waals surface area contributed by atoms with Crippen LogP contribution >= 0.6 is 50.5 Å². The van der Waals surface area contributed by atoms with E-state index in [0.717, 1.165) is 23.2 Å². The Labute approximate surface area is 263 Å². The van der Waals surface area contributed by atoms with Gasteiger partial charge in [0.1, 0.15) is 0 Å². The Morgan fingerprint density at radius 1 is 0.395 bits per heavy atom. The third-order valence-electron chi connectivity index (χ3n) is 8.66. The van der Waals surface area contributed by atoms with Gasteiger partial charge >= 0.3 is 0 Å². The zero-order chi connectivity index (χ0) is 28.0. The van der Waals surface area contributed by atoms with E-state index >= 15 is 0 Å². The summed E-state index contributed by atoms with van der Waals surface area (Å²) < 4.78 is 0.245. The van der Waals surface area contributed by atoms with Crippen LogP contribution in [0.1, 0.15) is 187 Å². The minimum Gasteiger partial charge on any atom is -0.179 e. The summed E-state index contributed by atoms with van der Waals surface area (Å²) in [7, 11) is 0. The second-order valence-electron chi connectivity index (χ2n) is 12.2. The van der Waals surface area contributed by atoms with Gasteiger partial charge in [0.05, 0.1) is 0 Å². The third kappa shape index (κ3) is 25.1. The van der Waals surface area contributed by atoms with Crippen molar-refractivity contribution < 1.29 is 0 Å². The fraction of sp³-hybridized carbons (Fsp3) is 1.00. The molecule has 0 N–H and O–H groups in total. The zero-order valence-corrected chi connectivity index (χ0v) is 29.4. The number of unbranched alkanes of at least 4 members (excludes halogenated alkanes) is 20. The van der Waals surface area contributed by atoms with Crippen LogP contribution < -0.4 is 0 Å². The van der Waals surface area contributed by atoms with Crippen molar-refractivity contribution in [2.24, 2.45) is 5.92 Å². The number of rotatable bonds is 32. The molecule has 0 spiro atoms. The molecule has 4 heteroatoms. The first kappa shape index (κ1) is 39.4. The van der Waals surface area contributed by atoms with Crippen LogP contribution in [0.3, 0.4) is 0 Å². The fourth-order valence-corrected chi connectivity index (χ4v) is 7.34. The molecule has 0 aromatic rings. The van der Waals surface area contributed by atoms with Crippen LogP contribution in [0.5, 0.6) is 0 Å². The maximum atomic E-state index is 5.60. The molecule has 2 unspecified atom stereocenters. The highest BCUT2D eigenvalue weighted by molar-refractivity contribution is 7.81. The quantitative estimate of drug-likeness (QED) is 0.0425. The number of hydrogen-bond donors (Lipinski definition) is 4. The van der Waals surface area contributed by atoms with Crippen LogP contribution in [0.15, 0.2) is 0 Å². The fourth-order valence-electron chi connectivity index (χ4n) is 6.10. The molecule has 38 heavy (non-hydrogen) atoms. The number of thiol groups is 4. The van der Waals surface area contributed by atoms with Crippen LogP contribution in [-0.2, 0) is 0 Å². The van der Waals surface area contributed by atoms with Gasteiger partial charge in [-0.15, -0.1) is 0 Å². The SMILES string of the molecule is CCCCCCCCCCC(CCCCS)C(S)(CCCCCCCCS)CCCCCCCCCCS. The largest absolute Gasteiger partial charge is 0.179 e. The summed E-state index contributed by atoms with van der Waals surface area (Å²) in [6.07, 6.45) is 38.7. The van der Waals surface area contributed by atoms with Crippen molar-refractivity contribution in [2.75, 3.05) is 17.3 Å². The highest BCUT2D eigenvalue weighted by Crippen LogP contribution is 2.42. The Morgan fingerprint density at radius 3 is 1.08 bits per heavy atom. The molecule has 0 rings (SSSR count). The molecule has 0 aliphatic carbocycles. The van der Waals surface area contributed by atoms with Gasteiger partial charge in [-0.25, -0.2) is 0 Å². The Morgan fingerprint density at radius 2 is 0.684 bits per heavy atom. The average Bonchev–Trinajstić information content (AvgIpc) is 2.92. The Kier molecular flexibility index (Phi) is 32.5. The monoisotopic (exact) mass is 606 g/mol. The van der Waals surface area contributed by atoms with Gasteiger partial charge in [-0.05, 0) is 68.1 Å². The molecule has 230 valence electrons. The lowest BCUT2D eigenvalue weighted by Crippen LogP contribution is -2.33. The minimum absolute atomic E-state index is 0.245. The van der Waals surface area contributed by atoms with E-state index < -0.39 is 0 Å². The lowest BCUT2D eigenvalue weighted by Gasteiger charge is -2.38. The molecule has 0 nitrogen and oxygen atoms in total. The molecule has 0 aromatic carbocycles. The van der Waals surface area contributed by atoms with E-state index in [9.17, 15) is 0 Å². The summed E-state index contributed by atoms with van der Waals surface area (Å²) in [4.78, 5) is 0. The van der Waals surface area contributed by atoms with Gasteiger partial charge in [0.25, 0.3) is 0 Å². The second kappa shape index (κ2) is 31.3. The van der Waals surface area contributed by atoms with Crippen LogP contribution in [0, 0.1) is 5.92 Å². The van der Waals surface area contributed by atoms with E-state index in [-0.39, 0.29) is 4.75 Å². The standard InChI is InChI=1S/C34H70S4/c1-2-3-4-5-6-9-14-19-26-33(27-20-25-32-37)34(38,29-22-16-11-13-18-24-31-36)28-21-15-10-7-8-12-17-23-30-35/h33,35-38H,2-32H2,1H3. The molecule has 0 aromatic heterocycles. The summed E-state index contributed by atoms with van der Waals surface area (Å²) >= 11 is 18.8. The second-order valence-corrected chi connectivity index (χ2v) is 14.4. The molecular formula is C34H70S4. The summed E-state index contributed by atoms with van der Waals surface area (Å²) in [5.74, 6) is 3.91. The van der Waals surface area contributed by atoms with Crippen LogP contribution in [-0.4, -0.2) is 22.0 Å². The number of hydrogen-bond acceptors (Lipinski definition) is 4. The van der Waals surface area contributed by atoms with E-state index in [4.69, 9.17) is 12.6 Å². The van der Waals surface area contributed by atoms with E-state index in [0.29, 0.717) is 0 Å². The molecule has 2 atom stereocenters. The molecule has 0 fully saturated rings. The molecule has 0 aliphatic heterocycles. The highest BCUT2D eigenvalue weighted by Gasteiger charge is 2.33. The van der Waals surface area contributed by atoms with Gasteiger partial charge < -0.3 is 0 Å². The first-order valence-electron chi connectivity index (χ1n) is 17.2. The van der Waals surface area contributed by atoms with Gasteiger partial charge in [-0.2, -0.15) is 50.5 Å². The van der Waals surface area contributed by atoms with Crippen molar-refractivity contribution >= 4 is 50.5 Å². The van der Waals surface area contributed by atoms with E-state index in [1.807, 2.05) is 0 Å². The van der Waals surface area contributed by atoms with Crippen molar-refractivity contribution in [3.8, 4) is 0 Å². The zero-order valence-electron chi connectivity index (χ0n) is 25.8. The smallest absolute Gasteiger partial charge is 0.0158 e. The molecule has 0 bridgehead atoms. The van der Waals surface area contributed by atoms with Gasteiger partial charge in [0.15, 0.2) is 0 Å². The highest BCUT2D eigenvalue weighted by atomic mass is 32.1. The van der Waals surface area contributed by atoms with Crippen molar-refractivity contribution in [2.45, 2.75) is 191 Å². The van der Waals surface area contributed by atoms with Gasteiger partial charge in [-0.1, -0.05) is 142 Å². The first-order valence-corrected chi connectivity index (χ1v) is 19.5. The summed E-state index contributed by atoms with van der Waals surface area (Å²) in [6.45, 7) is 2.31. The van der Waals surface area contributed by atoms with Crippen LogP contribution in [0.25, 0.3) is 0 Å². The summed E-state index contributed by atoms with van der Waals surface area (Å²) in [5.41, 5.74) is 0. The van der Waals surface area contributed by atoms with E-state index in [2.05, 4.69) is 44.8 Å². The first-order chi connectivity index (χ1) is 18.6. The van der Waals surface area contributed by atoms with Crippen LogP contribution in [0.2, 0.25) is 0 Å². The van der Waals surface area contributed by atoms with Crippen molar-refractivity contribution in [1.82, 2.24) is 0 Å². The average molecular weight is 607 g/mol. The molecule has 0 heterocycles. The molecular weight excluding hydrogens is 537 g/mol. The molecule has 0 aliphatic rings. The Balaban J connectivity index is 4.75. The van der Waals surface area contributed by atoms with Crippen LogP contribution in [0.4, 0.5) is 0 Å². The molecule has 0 radical (unpaired) electrons. The van der Waals surface area contributed by atoms with Gasteiger partial charge in [-0.3, -0.25) is 0 Å². The third-order valence-corrected chi connectivity index (χ3v) is 10.4. The van der Waals surface area contributed by atoms with Crippen molar-refractivity contribution in [3.63, 3.8) is 0 Å². The summed E-state index contributed by atoms with van der Waals surface area (Å²) in [5, 5.41) is 0. The maximum absolute atomic E-state index is 5.60. The summed E-state index contributed by atoms with van der Waals surface area (Å²) in [6, 6.07) is 0. The lowest BCUT2D eigenvalue weighted by atomic mass is 9.77.